The summed E-state index contributed by atoms with van der Waals surface area (Å²) in [7, 11) is 0. The van der Waals surface area contributed by atoms with Gasteiger partial charge in [0, 0.05) is 18.9 Å². The van der Waals surface area contributed by atoms with Crippen LogP contribution in [0.3, 0.4) is 0 Å². The third-order valence-electron chi connectivity index (χ3n) is 3.71. The normalized spacial score (nSPS) is 12.6. The van der Waals surface area contributed by atoms with Crippen LogP contribution >= 0.6 is 11.3 Å². The van der Waals surface area contributed by atoms with Crippen molar-refractivity contribution < 1.29 is 18.0 Å². The van der Waals surface area contributed by atoms with Gasteiger partial charge in [-0.15, -0.1) is 0 Å². The number of thiophene rings is 1. The fourth-order valence-electron chi connectivity index (χ4n) is 2.49. The number of hydrogen-bond acceptors (Lipinski definition) is 3. The highest BCUT2D eigenvalue weighted by Crippen LogP contribution is 2.34. The quantitative estimate of drug-likeness (QED) is 0.690. The number of halogens is 3. The molecule has 0 aliphatic carbocycles. The number of anilines is 1. The van der Waals surface area contributed by atoms with Crippen molar-refractivity contribution in [3.05, 3.63) is 70.7 Å². The smallest absolute Gasteiger partial charge is 0.335 e. The zero-order valence-corrected chi connectivity index (χ0v) is 14.2. The van der Waals surface area contributed by atoms with Crippen LogP contribution in [0.25, 0.3) is 0 Å². The largest absolute Gasteiger partial charge is 0.418 e. The number of amides is 2. The minimum absolute atomic E-state index is 0.179. The zero-order valence-electron chi connectivity index (χ0n) is 13.4. The molecule has 136 valence electrons. The number of carbonyl (C=O) groups is 1. The van der Waals surface area contributed by atoms with Crippen LogP contribution in [-0.2, 0) is 6.18 Å². The average Bonchev–Trinajstić information content (AvgIpc) is 3.28. The first kappa shape index (κ1) is 18.0. The number of hydrogen-bond donors (Lipinski definition) is 2. The van der Waals surface area contributed by atoms with E-state index in [1.165, 1.54) is 29.5 Å². The molecule has 1 atom stereocenters. The number of para-hydroxylation sites is 1. The molecule has 3 rings (SSSR count). The Morgan fingerprint density at radius 2 is 2.04 bits per heavy atom. The number of carbonyl (C=O) groups excluding carboxylic acids is 1. The zero-order chi connectivity index (χ0) is 18.6. The van der Waals surface area contributed by atoms with Gasteiger partial charge in [0.15, 0.2) is 0 Å². The molecule has 0 radical (unpaired) electrons. The fourth-order valence-corrected chi connectivity index (χ4v) is 3.20. The molecule has 3 aromatic rings. The van der Waals surface area contributed by atoms with Gasteiger partial charge >= 0.3 is 12.2 Å². The molecule has 0 fully saturated rings. The molecular weight excluding hydrogens is 365 g/mol. The molecule has 0 spiro atoms. The molecule has 0 saturated carbocycles. The van der Waals surface area contributed by atoms with Crippen LogP contribution in [0.4, 0.5) is 23.7 Å². The second kappa shape index (κ2) is 7.61. The van der Waals surface area contributed by atoms with Crippen LogP contribution in [-0.4, -0.2) is 22.4 Å². The Labute approximate surface area is 151 Å². The predicted molar refractivity (Wildman–Crippen MR) is 93.2 cm³/mol. The van der Waals surface area contributed by atoms with Crippen LogP contribution in [0, 0.1) is 0 Å². The first-order valence-corrected chi connectivity index (χ1v) is 8.62. The maximum absolute atomic E-state index is 13.0. The Balaban J connectivity index is 1.69. The Hall–Kier alpha value is -2.81. The van der Waals surface area contributed by atoms with Crippen molar-refractivity contribution in [2.45, 2.75) is 12.2 Å². The van der Waals surface area contributed by atoms with Crippen molar-refractivity contribution in [3.8, 4) is 0 Å². The summed E-state index contributed by atoms with van der Waals surface area (Å²) in [6, 6.07) is 7.56. The SMILES string of the molecule is O=C(NC[C@@H](c1ccsc1)n1cccn1)Nc1ccccc1C(F)(F)F. The monoisotopic (exact) mass is 380 g/mol. The van der Waals surface area contributed by atoms with E-state index in [1.54, 1.807) is 23.1 Å². The van der Waals surface area contributed by atoms with E-state index in [4.69, 9.17) is 0 Å². The molecule has 5 nitrogen and oxygen atoms in total. The highest BCUT2D eigenvalue weighted by molar-refractivity contribution is 7.07. The van der Waals surface area contributed by atoms with Crippen LogP contribution in [0.5, 0.6) is 0 Å². The lowest BCUT2D eigenvalue weighted by Gasteiger charge is -2.18. The highest BCUT2D eigenvalue weighted by Gasteiger charge is 2.33. The molecular formula is C17H15F3N4OS. The number of rotatable bonds is 5. The van der Waals surface area contributed by atoms with Crippen molar-refractivity contribution >= 4 is 23.1 Å². The highest BCUT2D eigenvalue weighted by atomic mass is 32.1. The summed E-state index contributed by atoms with van der Waals surface area (Å²) < 4.78 is 40.7. The Morgan fingerprint density at radius 1 is 1.23 bits per heavy atom. The lowest BCUT2D eigenvalue weighted by molar-refractivity contribution is -0.136. The molecule has 0 aliphatic rings. The topological polar surface area (TPSA) is 59.0 Å². The molecule has 9 heteroatoms. The van der Waals surface area contributed by atoms with Gasteiger partial charge in [-0.1, -0.05) is 12.1 Å². The number of urea groups is 1. The Kier molecular flexibility index (Phi) is 5.27. The molecule has 1 aromatic carbocycles. The van der Waals surface area contributed by atoms with E-state index in [0.717, 1.165) is 11.6 Å². The van der Waals surface area contributed by atoms with Crippen LogP contribution in [0.2, 0.25) is 0 Å². The molecule has 0 unspecified atom stereocenters. The minimum atomic E-state index is -4.54. The van der Waals surface area contributed by atoms with Crippen molar-refractivity contribution in [2.75, 3.05) is 11.9 Å². The van der Waals surface area contributed by atoms with Gasteiger partial charge in [0.1, 0.15) is 0 Å². The van der Waals surface area contributed by atoms with E-state index in [1.807, 2.05) is 16.8 Å². The summed E-state index contributed by atoms with van der Waals surface area (Å²) in [5, 5.41) is 12.9. The van der Waals surface area contributed by atoms with Crippen molar-refractivity contribution in [1.82, 2.24) is 15.1 Å². The van der Waals surface area contributed by atoms with E-state index >= 15 is 0 Å². The second-order valence-corrected chi connectivity index (χ2v) is 6.22. The molecule has 2 amide bonds. The molecule has 0 bridgehead atoms. The van der Waals surface area contributed by atoms with Gasteiger partial charge in [-0.2, -0.15) is 29.6 Å². The van der Waals surface area contributed by atoms with E-state index < -0.39 is 17.8 Å². The Bertz CT molecular complexity index is 813. The fraction of sp³-hybridized carbons (Fsp3) is 0.176. The van der Waals surface area contributed by atoms with Crippen molar-refractivity contribution in [3.63, 3.8) is 0 Å². The van der Waals surface area contributed by atoms with E-state index in [-0.39, 0.29) is 18.3 Å². The molecule has 2 N–H and O–H groups in total. The molecule has 0 saturated heterocycles. The lowest BCUT2D eigenvalue weighted by Crippen LogP contribution is -2.35. The first-order valence-electron chi connectivity index (χ1n) is 7.67. The second-order valence-electron chi connectivity index (χ2n) is 5.44. The van der Waals surface area contributed by atoms with Gasteiger partial charge < -0.3 is 10.6 Å². The van der Waals surface area contributed by atoms with Gasteiger partial charge in [-0.3, -0.25) is 4.68 Å². The maximum Gasteiger partial charge on any atom is 0.418 e. The van der Waals surface area contributed by atoms with Crippen LogP contribution in [0.1, 0.15) is 17.2 Å². The maximum atomic E-state index is 13.0. The van der Waals surface area contributed by atoms with Crippen LogP contribution in [0.15, 0.2) is 59.6 Å². The van der Waals surface area contributed by atoms with E-state index in [2.05, 4.69) is 15.7 Å². The number of nitrogens with zero attached hydrogens (tertiary/aromatic N) is 2. The average molecular weight is 380 g/mol. The minimum Gasteiger partial charge on any atom is -0.335 e. The summed E-state index contributed by atoms with van der Waals surface area (Å²) in [6.45, 7) is 0.179. The standard InChI is InChI=1S/C17H15F3N4OS/c18-17(19,20)13-4-1-2-5-14(13)23-16(25)21-10-15(12-6-9-26-11-12)24-8-3-7-22-24/h1-9,11,15H,10H2,(H2,21,23,25)/t15-/m0/s1. The summed E-state index contributed by atoms with van der Waals surface area (Å²) in [6.07, 6.45) is -1.15. The van der Waals surface area contributed by atoms with Gasteiger partial charge in [0.05, 0.1) is 17.3 Å². The number of aromatic nitrogens is 2. The third kappa shape index (κ3) is 4.23. The summed E-state index contributed by atoms with van der Waals surface area (Å²) >= 11 is 1.51. The number of alkyl halides is 3. The molecule has 0 aliphatic heterocycles. The van der Waals surface area contributed by atoms with Gasteiger partial charge in [-0.25, -0.2) is 4.79 Å². The van der Waals surface area contributed by atoms with Crippen molar-refractivity contribution in [2.24, 2.45) is 0 Å². The molecule has 2 aromatic heterocycles. The van der Waals surface area contributed by atoms with E-state index in [0.29, 0.717) is 0 Å². The van der Waals surface area contributed by atoms with Gasteiger partial charge in [0.2, 0.25) is 0 Å². The van der Waals surface area contributed by atoms with Gasteiger partial charge in [-0.05, 0) is 40.6 Å². The van der Waals surface area contributed by atoms with Crippen LogP contribution < -0.4 is 10.6 Å². The first-order chi connectivity index (χ1) is 12.4. The summed E-state index contributed by atoms with van der Waals surface area (Å²) in [4.78, 5) is 12.1. The lowest BCUT2D eigenvalue weighted by atomic mass is 10.1. The molecule has 2 heterocycles. The summed E-state index contributed by atoms with van der Waals surface area (Å²) in [5.41, 5.74) is -0.227. The predicted octanol–water partition coefficient (Wildman–Crippen LogP) is 4.37. The van der Waals surface area contributed by atoms with Gasteiger partial charge in [0.25, 0.3) is 0 Å². The summed E-state index contributed by atoms with van der Waals surface area (Å²) in [5.74, 6) is 0. The third-order valence-corrected chi connectivity index (χ3v) is 4.41. The molecule has 26 heavy (non-hydrogen) atoms. The Morgan fingerprint density at radius 3 is 2.69 bits per heavy atom. The van der Waals surface area contributed by atoms with Crippen molar-refractivity contribution in [1.29, 1.82) is 0 Å². The van der Waals surface area contributed by atoms with E-state index in [9.17, 15) is 18.0 Å². The number of benzene rings is 1. The number of nitrogens with one attached hydrogen (secondary N) is 2.